The van der Waals surface area contributed by atoms with Crippen LogP contribution < -0.4 is 14.8 Å². The average Bonchev–Trinajstić information content (AvgIpc) is 2.37. The summed E-state index contributed by atoms with van der Waals surface area (Å²) in [6.45, 7) is 5.20. The standard InChI is InChI=1S/C12H14N2O4S/c1-3-6-13-19(16,17)9-4-5-11-10(7-9)14-12(15)8(2)18-11/h3-5,7-8,13H,1,6H2,2H3,(H,14,15). The van der Waals surface area contributed by atoms with Gasteiger partial charge in [-0.2, -0.15) is 0 Å². The zero-order chi connectivity index (χ0) is 14.0. The lowest BCUT2D eigenvalue weighted by atomic mass is 10.2. The quantitative estimate of drug-likeness (QED) is 0.803. The number of carbonyl (C=O) groups excluding carboxylic acids is 1. The molecule has 19 heavy (non-hydrogen) atoms. The highest BCUT2D eigenvalue weighted by molar-refractivity contribution is 7.89. The number of carbonyl (C=O) groups is 1. The van der Waals surface area contributed by atoms with Gasteiger partial charge in [0.2, 0.25) is 10.0 Å². The maximum Gasteiger partial charge on any atom is 0.265 e. The zero-order valence-corrected chi connectivity index (χ0v) is 11.2. The second-order valence-electron chi connectivity index (χ2n) is 4.05. The van der Waals surface area contributed by atoms with Crippen molar-refractivity contribution < 1.29 is 17.9 Å². The minimum atomic E-state index is -3.62. The van der Waals surface area contributed by atoms with E-state index in [4.69, 9.17) is 4.74 Å². The van der Waals surface area contributed by atoms with Crippen molar-refractivity contribution in [2.75, 3.05) is 11.9 Å². The van der Waals surface area contributed by atoms with Crippen LogP contribution in [0.2, 0.25) is 0 Å². The molecule has 1 amide bonds. The van der Waals surface area contributed by atoms with Gasteiger partial charge in [0.25, 0.3) is 5.91 Å². The molecule has 0 aliphatic carbocycles. The minimum Gasteiger partial charge on any atom is -0.479 e. The van der Waals surface area contributed by atoms with E-state index in [-0.39, 0.29) is 17.3 Å². The van der Waals surface area contributed by atoms with E-state index >= 15 is 0 Å². The van der Waals surface area contributed by atoms with Gasteiger partial charge in [0.1, 0.15) is 5.75 Å². The van der Waals surface area contributed by atoms with Gasteiger partial charge in [0.15, 0.2) is 6.10 Å². The fourth-order valence-corrected chi connectivity index (χ4v) is 2.63. The number of nitrogens with one attached hydrogen (secondary N) is 2. The number of hydrogen-bond donors (Lipinski definition) is 2. The molecular formula is C12H14N2O4S. The summed E-state index contributed by atoms with van der Waals surface area (Å²) < 4.78 is 31.5. The average molecular weight is 282 g/mol. The van der Waals surface area contributed by atoms with E-state index in [1.54, 1.807) is 6.92 Å². The fourth-order valence-electron chi connectivity index (χ4n) is 1.61. The highest BCUT2D eigenvalue weighted by Crippen LogP contribution is 2.31. The van der Waals surface area contributed by atoms with Crippen molar-refractivity contribution in [2.24, 2.45) is 0 Å². The molecule has 2 rings (SSSR count). The second-order valence-corrected chi connectivity index (χ2v) is 5.81. The Morgan fingerprint density at radius 3 is 2.95 bits per heavy atom. The van der Waals surface area contributed by atoms with Crippen molar-refractivity contribution in [3.63, 3.8) is 0 Å². The first-order valence-corrected chi connectivity index (χ1v) is 7.14. The van der Waals surface area contributed by atoms with Crippen LogP contribution in [0.5, 0.6) is 5.75 Å². The Kier molecular flexibility index (Phi) is 3.59. The van der Waals surface area contributed by atoms with Crippen molar-refractivity contribution in [3.05, 3.63) is 30.9 Å². The Hall–Kier alpha value is -1.86. The van der Waals surface area contributed by atoms with Crippen LogP contribution in [0.3, 0.4) is 0 Å². The highest BCUT2D eigenvalue weighted by atomic mass is 32.2. The first kappa shape index (κ1) is 13.6. The predicted molar refractivity (Wildman–Crippen MR) is 70.5 cm³/mol. The van der Waals surface area contributed by atoms with Crippen LogP contribution in [-0.2, 0) is 14.8 Å². The number of ether oxygens (including phenoxy) is 1. The number of rotatable bonds is 4. The van der Waals surface area contributed by atoms with Crippen LogP contribution in [0.15, 0.2) is 35.7 Å². The molecule has 0 saturated heterocycles. The van der Waals surface area contributed by atoms with E-state index in [1.807, 2.05) is 0 Å². The van der Waals surface area contributed by atoms with Gasteiger partial charge in [-0.1, -0.05) is 6.08 Å². The number of benzene rings is 1. The first-order valence-electron chi connectivity index (χ1n) is 5.66. The molecule has 0 fully saturated rings. The molecule has 6 nitrogen and oxygen atoms in total. The summed E-state index contributed by atoms with van der Waals surface area (Å²) in [6.07, 6.45) is 0.858. The summed E-state index contributed by atoms with van der Waals surface area (Å²) in [4.78, 5) is 11.5. The van der Waals surface area contributed by atoms with E-state index in [2.05, 4.69) is 16.6 Å². The van der Waals surface area contributed by atoms with E-state index in [0.29, 0.717) is 11.4 Å². The molecule has 1 aromatic rings. The summed E-state index contributed by atoms with van der Waals surface area (Å²) in [5.41, 5.74) is 0.351. The number of amides is 1. The smallest absolute Gasteiger partial charge is 0.265 e. The van der Waals surface area contributed by atoms with Gasteiger partial charge in [-0.15, -0.1) is 6.58 Å². The third-order valence-corrected chi connectivity index (χ3v) is 4.03. The second kappa shape index (κ2) is 5.02. The van der Waals surface area contributed by atoms with Crippen molar-refractivity contribution in [3.8, 4) is 5.75 Å². The zero-order valence-electron chi connectivity index (χ0n) is 10.3. The molecule has 102 valence electrons. The number of sulfonamides is 1. The van der Waals surface area contributed by atoms with Gasteiger partial charge in [0.05, 0.1) is 10.6 Å². The molecule has 0 radical (unpaired) electrons. The van der Waals surface area contributed by atoms with Gasteiger partial charge in [0, 0.05) is 6.54 Å². The molecule has 0 spiro atoms. The van der Waals surface area contributed by atoms with E-state index in [1.165, 1.54) is 24.3 Å². The Bertz CT molecular complexity index is 625. The molecule has 1 aliphatic heterocycles. The first-order chi connectivity index (χ1) is 8.94. The third-order valence-electron chi connectivity index (χ3n) is 2.61. The Morgan fingerprint density at radius 1 is 1.53 bits per heavy atom. The summed E-state index contributed by atoms with van der Waals surface area (Å²) in [7, 11) is -3.62. The van der Waals surface area contributed by atoms with Crippen LogP contribution in [0.25, 0.3) is 0 Å². The summed E-state index contributed by atoms with van der Waals surface area (Å²) >= 11 is 0. The SMILES string of the molecule is C=CCNS(=O)(=O)c1ccc2c(c1)NC(=O)C(C)O2. The molecule has 1 aliphatic rings. The van der Waals surface area contributed by atoms with Gasteiger partial charge < -0.3 is 10.1 Å². The summed E-state index contributed by atoms with van der Waals surface area (Å²) in [5.74, 6) is 0.149. The van der Waals surface area contributed by atoms with E-state index < -0.39 is 16.1 Å². The van der Waals surface area contributed by atoms with Gasteiger partial charge in [-0.25, -0.2) is 13.1 Å². The van der Waals surface area contributed by atoms with Crippen LogP contribution in [0.1, 0.15) is 6.92 Å². The van der Waals surface area contributed by atoms with Crippen molar-refractivity contribution >= 4 is 21.6 Å². The lowest BCUT2D eigenvalue weighted by molar-refractivity contribution is -0.122. The predicted octanol–water partition coefficient (Wildman–Crippen LogP) is 0.870. The molecule has 1 aromatic carbocycles. The largest absolute Gasteiger partial charge is 0.479 e. The van der Waals surface area contributed by atoms with Crippen molar-refractivity contribution in [1.29, 1.82) is 0 Å². The van der Waals surface area contributed by atoms with Gasteiger partial charge >= 0.3 is 0 Å². The van der Waals surface area contributed by atoms with Gasteiger partial charge in [-0.3, -0.25) is 4.79 Å². The van der Waals surface area contributed by atoms with Crippen LogP contribution in [0, 0.1) is 0 Å². The topological polar surface area (TPSA) is 84.5 Å². The van der Waals surface area contributed by atoms with Crippen LogP contribution in [-0.4, -0.2) is 27.0 Å². The maximum absolute atomic E-state index is 11.9. The van der Waals surface area contributed by atoms with Gasteiger partial charge in [-0.05, 0) is 25.1 Å². The fraction of sp³-hybridized carbons (Fsp3) is 0.250. The lowest BCUT2D eigenvalue weighted by Crippen LogP contribution is -2.34. The molecule has 7 heteroatoms. The van der Waals surface area contributed by atoms with Crippen LogP contribution in [0.4, 0.5) is 5.69 Å². The summed E-state index contributed by atoms with van der Waals surface area (Å²) in [5, 5.41) is 2.60. The lowest BCUT2D eigenvalue weighted by Gasteiger charge is -2.23. The number of anilines is 1. The maximum atomic E-state index is 11.9. The number of hydrogen-bond acceptors (Lipinski definition) is 4. The van der Waals surface area contributed by atoms with E-state index in [9.17, 15) is 13.2 Å². The number of fused-ring (bicyclic) bond motifs is 1. The third kappa shape index (κ3) is 2.77. The van der Waals surface area contributed by atoms with Crippen LogP contribution >= 0.6 is 0 Å². The molecule has 1 unspecified atom stereocenters. The normalized spacial score (nSPS) is 18.2. The minimum absolute atomic E-state index is 0.0616. The monoisotopic (exact) mass is 282 g/mol. The van der Waals surface area contributed by atoms with Crippen molar-refractivity contribution in [1.82, 2.24) is 4.72 Å². The molecular weight excluding hydrogens is 268 g/mol. The Morgan fingerprint density at radius 2 is 2.26 bits per heavy atom. The Labute approximate surface area is 111 Å². The van der Waals surface area contributed by atoms with Crippen molar-refractivity contribution in [2.45, 2.75) is 17.9 Å². The Balaban J connectivity index is 2.34. The highest BCUT2D eigenvalue weighted by Gasteiger charge is 2.25. The summed E-state index contributed by atoms with van der Waals surface area (Å²) in [6, 6.07) is 4.31. The molecule has 2 N–H and O–H groups in total. The molecule has 1 atom stereocenters. The molecule has 0 saturated carbocycles. The molecule has 0 aromatic heterocycles. The molecule has 1 heterocycles. The molecule has 0 bridgehead atoms. The van der Waals surface area contributed by atoms with E-state index in [0.717, 1.165) is 0 Å².